The van der Waals surface area contributed by atoms with Crippen LogP contribution in [0.15, 0.2) is 30.3 Å². The van der Waals surface area contributed by atoms with Crippen LogP contribution in [0.2, 0.25) is 0 Å². The minimum atomic E-state index is 0.295. The molecule has 1 aromatic heterocycles. The fourth-order valence-corrected chi connectivity index (χ4v) is 3.64. The summed E-state index contributed by atoms with van der Waals surface area (Å²) in [4.78, 5) is 4.42. The summed E-state index contributed by atoms with van der Waals surface area (Å²) < 4.78 is 0. The Morgan fingerprint density at radius 2 is 2.09 bits per heavy atom. The molecule has 0 spiro atoms. The van der Waals surface area contributed by atoms with Crippen molar-refractivity contribution in [3.8, 4) is 0 Å². The molecule has 0 unspecified atom stereocenters. The first-order chi connectivity index (χ1) is 10.6. The average Bonchev–Trinajstić information content (AvgIpc) is 2.40. The number of nitrogens with zero attached hydrogens (tertiary/aromatic N) is 1. The van der Waals surface area contributed by atoms with Gasteiger partial charge in [-0.05, 0) is 42.9 Å². The summed E-state index contributed by atoms with van der Waals surface area (Å²) in [5.41, 5.74) is 15.5. The van der Waals surface area contributed by atoms with E-state index < -0.39 is 0 Å². The van der Waals surface area contributed by atoms with Crippen molar-refractivity contribution in [2.45, 2.75) is 24.8 Å². The molecule has 0 radical (unpaired) electrons. The number of benzene rings is 1. The van der Waals surface area contributed by atoms with Gasteiger partial charge in [0.1, 0.15) is 5.82 Å². The van der Waals surface area contributed by atoms with Crippen LogP contribution in [-0.4, -0.2) is 16.7 Å². The van der Waals surface area contributed by atoms with Gasteiger partial charge in [0.25, 0.3) is 0 Å². The Morgan fingerprint density at radius 3 is 2.73 bits per heavy atom. The number of rotatable bonds is 4. The molecular formula is C17H19N5. The first-order valence-electron chi connectivity index (χ1n) is 7.54. The van der Waals surface area contributed by atoms with E-state index in [2.05, 4.69) is 10.3 Å². The number of hydrogen-bond donors (Lipinski definition) is 4. The fourth-order valence-electron chi connectivity index (χ4n) is 3.64. The minimum absolute atomic E-state index is 0.295. The Hall–Kier alpha value is -2.56. The topological polar surface area (TPSA) is 101 Å². The molecule has 3 fully saturated rings. The summed E-state index contributed by atoms with van der Waals surface area (Å²) in [5, 5.41) is 11.9. The monoisotopic (exact) mass is 293 g/mol. The molecule has 5 nitrogen and oxygen atoms in total. The van der Waals surface area contributed by atoms with Gasteiger partial charge < -0.3 is 22.2 Å². The maximum absolute atomic E-state index is 7.12. The molecule has 3 aliphatic rings. The maximum Gasteiger partial charge on any atom is 0.126 e. The summed E-state index contributed by atoms with van der Waals surface area (Å²) >= 11 is 0. The third-order valence-electron chi connectivity index (χ3n) is 4.86. The van der Waals surface area contributed by atoms with E-state index in [4.69, 9.17) is 16.9 Å². The van der Waals surface area contributed by atoms with Gasteiger partial charge in [-0.3, -0.25) is 0 Å². The van der Waals surface area contributed by atoms with Gasteiger partial charge in [0.15, 0.2) is 0 Å². The lowest BCUT2D eigenvalue weighted by Gasteiger charge is -2.62. The molecule has 5 rings (SSSR count). The van der Waals surface area contributed by atoms with Crippen molar-refractivity contribution in [2.24, 2.45) is 11.7 Å². The van der Waals surface area contributed by atoms with Crippen LogP contribution in [0.4, 0.5) is 11.5 Å². The first-order valence-corrected chi connectivity index (χ1v) is 7.54. The van der Waals surface area contributed by atoms with Crippen LogP contribution < -0.4 is 16.8 Å². The second kappa shape index (κ2) is 4.47. The van der Waals surface area contributed by atoms with Crippen LogP contribution in [0.3, 0.4) is 0 Å². The zero-order valence-electron chi connectivity index (χ0n) is 12.3. The van der Waals surface area contributed by atoms with Gasteiger partial charge in [-0.1, -0.05) is 12.1 Å². The summed E-state index contributed by atoms with van der Waals surface area (Å²) in [5.74, 6) is 1.43. The molecule has 1 heterocycles. The molecule has 3 aliphatic carbocycles. The summed E-state index contributed by atoms with van der Waals surface area (Å²) in [7, 11) is 0. The highest BCUT2D eigenvalue weighted by atomic mass is 15.1. The second-order valence-corrected chi connectivity index (χ2v) is 6.50. The highest BCUT2D eigenvalue weighted by Crippen LogP contribution is 2.58. The van der Waals surface area contributed by atoms with Crippen molar-refractivity contribution < 1.29 is 0 Å². The van der Waals surface area contributed by atoms with Crippen molar-refractivity contribution in [3.63, 3.8) is 0 Å². The summed E-state index contributed by atoms with van der Waals surface area (Å²) in [6, 6.07) is 7.83. The van der Waals surface area contributed by atoms with E-state index in [1.54, 1.807) is 6.08 Å². The standard InChI is InChI=1S/C17H19N5/c18-4-3-13(19)11-1-2-12-14(5-11)21-16(20)6-15(12)22-17-7-10(8-17)9-17/h1-6,10,18H,7-9,19H2,(H3,20,21,22)/b13-3-,18-4?. The number of aromatic nitrogens is 1. The van der Waals surface area contributed by atoms with Crippen LogP contribution in [-0.2, 0) is 0 Å². The molecular weight excluding hydrogens is 274 g/mol. The number of fused-ring (bicyclic) bond motifs is 1. The molecule has 5 heteroatoms. The van der Waals surface area contributed by atoms with Crippen LogP contribution in [0.1, 0.15) is 24.8 Å². The molecule has 0 amide bonds. The molecule has 3 saturated carbocycles. The van der Waals surface area contributed by atoms with E-state index >= 15 is 0 Å². The van der Waals surface area contributed by atoms with Crippen molar-refractivity contribution in [2.75, 3.05) is 11.1 Å². The zero-order chi connectivity index (χ0) is 15.3. The van der Waals surface area contributed by atoms with Crippen LogP contribution in [0.5, 0.6) is 0 Å². The molecule has 0 aliphatic heterocycles. The summed E-state index contributed by atoms with van der Waals surface area (Å²) in [6.45, 7) is 0. The van der Waals surface area contributed by atoms with Gasteiger partial charge in [-0.25, -0.2) is 4.98 Å². The number of hydrogen-bond acceptors (Lipinski definition) is 5. The molecule has 0 saturated heterocycles. The first kappa shape index (κ1) is 13.1. The van der Waals surface area contributed by atoms with Crippen molar-refractivity contribution >= 4 is 34.3 Å². The average molecular weight is 293 g/mol. The second-order valence-electron chi connectivity index (χ2n) is 6.50. The normalized spacial score (nSPS) is 26.2. The lowest BCUT2D eigenvalue weighted by Crippen LogP contribution is -2.63. The quantitative estimate of drug-likeness (QED) is 0.651. The van der Waals surface area contributed by atoms with Gasteiger partial charge in [0, 0.05) is 34.6 Å². The number of allylic oxidation sites excluding steroid dienone is 1. The van der Waals surface area contributed by atoms with E-state index in [1.807, 2.05) is 24.3 Å². The molecule has 0 atom stereocenters. The molecule has 1 aromatic carbocycles. The highest BCUT2D eigenvalue weighted by Gasteiger charge is 2.56. The SMILES string of the molecule is N=C/C=C(\N)c1ccc2c(NC34CC(C3)C4)cc(N)nc2c1. The zero-order valence-corrected chi connectivity index (χ0v) is 12.3. The number of anilines is 2. The van der Waals surface area contributed by atoms with Gasteiger partial charge in [-0.15, -0.1) is 0 Å². The van der Waals surface area contributed by atoms with Gasteiger partial charge >= 0.3 is 0 Å². The molecule has 112 valence electrons. The van der Waals surface area contributed by atoms with Crippen molar-refractivity contribution in [1.29, 1.82) is 5.41 Å². The van der Waals surface area contributed by atoms with E-state index in [0.717, 1.165) is 28.1 Å². The predicted molar refractivity (Wildman–Crippen MR) is 90.8 cm³/mol. The number of nitrogen functional groups attached to an aromatic ring is 1. The van der Waals surface area contributed by atoms with Gasteiger partial charge in [-0.2, -0.15) is 0 Å². The lowest BCUT2D eigenvalue weighted by molar-refractivity contribution is 0.00225. The Labute approximate surface area is 128 Å². The van der Waals surface area contributed by atoms with E-state index in [0.29, 0.717) is 17.1 Å². The van der Waals surface area contributed by atoms with E-state index in [-0.39, 0.29) is 0 Å². The maximum atomic E-state index is 7.12. The Bertz CT molecular complexity index is 791. The third kappa shape index (κ3) is 1.93. The highest BCUT2D eigenvalue weighted by molar-refractivity contribution is 5.95. The Kier molecular flexibility index (Phi) is 2.66. The molecule has 22 heavy (non-hydrogen) atoms. The predicted octanol–water partition coefficient (Wildman–Crippen LogP) is 2.73. The van der Waals surface area contributed by atoms with Crippen LogP contribution in [0.25, 0.3) is 16.6 Å². The Balaban J connectivity index is 1.77. The largest absolute Gasteiger partial charge is 0.398 e. The van der Waals surface area contributed by atoms with Gasteiger partial charge in [0.05, 0.1) is 5.52 Å². The van der Waals surface area contributed by atoms with Crippen LogP contribution in [0, 0.1) is 11.3 Å². The number of pyridine rings is 1. The lowest BCUT2D eigenvalue weighted by atomic mass is 9.50. The molecule has 6 N–H and O–H groups in total. The number of nitrogens with two attached hydrogens (primary N) is 2. The third-order valence-corrected chi connectivity index (χ3v) is 4.86. The fraction of sp³-hybridized carbons (Fsp3) is 0.294. The Morgan fingerprint density at radius 1 is 1.32 bits per heavy atom. The van der Waals surface area contributed by atoms with Crippen LogP contribution >= 0.6 is 0 Å². The summed E-state index contributed by atoms with van der Waals surface area (Å²) in [6.07, 6.45) is 6.55. The van der Waals surface area contributed by atoms with Gasteiger partial charge in [0.2, 0.25) is 0 Å². The number of nitrogens with one attached hydrogen (secondary N) is 2. The molecule has 2 aromatic rings. The smallest absolute Gasteiger partial charge is 0.126 e. The van der Waals surface area contributed by atoms with E-state index in [1.165, 1.54) is 25.5 Å². The van der Waals surface area contributed by atoms with Crippen molar-refractivity contribution in [1.82, 2.24) is 4.98 Å². The van der Waals surface area contributed by atoms with E-state index in [9.17, 15) is 0 Å². The molecule has 2 bridgehead atoms. The van der Waals surface area contributed by atoms with Crippen molar-refractivity contribution in [3.05, 3.63) is 35.9 Å². The minimum Gasteiger partial charge on any atom is -0.398 e.